The standard InChI is InChI=1S/C21H27N3O6/c1-4-13-10-24(21(29)23-20(13)28)19-8-16(26)17(30-19)9-22-18(27)7-15-11(2)5-14(25)6-12(15)3/h5-6,10,16-17,19,25-26H,4,7-9H2,1-3H3,(H,22,27)(H,23,28,29)/t16-,17+,19+/m0/s1. The fourth-order valence-electron chi connectivity index (χ4n) is 3.75. The number of aliphatic hydroxyl groups excluding tert-OH is 1. The van der Waals surface area contributed by atoms with E-state index in [2.05, 4.69) is 10.3 Å². The van der Waals surface area contributed by atoms with Gasteiger partial charge in [-0.1, -0.05) is 6.92 Å². The summed E-state index contributed by atoms with van der Waals surface area (Å²) in [6.45, 7) is 5.55. The van der Waals surface area contributed by atoms with Crippen molar-refractivity contribution in [2.45, 2.75) is 58.5 Å². The molecule has 0 aliphatic carbocycles. The lowest BCUT2D eigenvalue weighted by Gasteiger charge is -2.17. The van der Waals surface area contributed by atoms with E-state index in [1.54, 1.807) is 19.1 Å². The third kappa shape index (κ3) is 4.63. The Bertz CT molecular complexity index is 1030. The molecule has 0 radical (unpaired) electrons. The zero-order valence-electron chi connectivity index (χ0n) is 17.3. The lowest BCUT2D eigenvalue weighted by molar-refractivity contribution is -0.121. The molecule has 4 N–H and O–H groups in total. The second-order valence-corrected chi connectivity index (χ2v) is 7.65. The van der Waals surface area contributed by atoms with Crippen LogP contribution in [0.1, 0.15) is 41.8 Å². The number of nitrogens with zero attached hydrogens (tertiary/aromatic N) is 1. The topological polar surface area (TPSA) is 134 Å². The van der Waals surface area contributed by atoms with E-state index in [-0.39, 0.29) is 31.0 Å². The van der Waals surface area contributed by atoms with Crippen LogP contribution < -0.4 is 16.6 Å². The smallest absolute Gasteiger partial charge is 0.330 e. The summed E-state index contributed by atoms with van der Waals surface area (Å²) in [5.41, 5.74) is 1.90. The van der Waals surface area contributed by atoms with Gasteiger partial charge < -0.3 is 20.3 Å². The van der Waals surface area contributed by atoms with Crippen LogP contribution in [0.3, 0.4) is 0 Å². The van der Waals surface area contributed by atoms with Crippen LogP contribution in [0, 0.1) is 13.8 Å². The van der Waals surface area contributed by atoms with Gasteiger partial charge in [-0.05, 0) is 49.1 Å². The van der Waals surface area contributed by atoms with E-state index in [1.807, 2.05) is 13.8 Å². The first kappa shape index (κ1) is 21.8. The molecule has 1 aliphatic heterocycles. The maximum absolute atomic E-state index is 12.4. The Morgan fingerprint density at radius 2 is 1.97 bits per heavy atom. The van der Waals surface area contributed by atoms with Gasteiger partial charge in [0.05, 0.1) is 12.5 Å². The van der Waals surface area contributed by atoms with E-state index < -0.39 is 29.7 Å². The molecule has 2 heterocycles. The van der Waals surface area contributed by atoms with Crippen LogP contribution in [0.5, 0.6) is 5.75 Å². The number of rotatable bonds is 6. The summed E-state index contributed by atoms with van der Waals surface area (Å²) in [5.74, 6) is -0.0768. The monoisotopic (exact) mass is 417 g/mol. The molecule has 3 atom stereocenters. The van der Waals surface area contributed by atoms with E-state index in [0.717, 1.165) is 16.7 Å². The Labute approximate surface area is 173 Å². The van der Waals surface area contributed by atoms with E-state index in [1.165, 1.54) is 10.8 Å². The van der Waals surface area contributed by atoms with E-state index in [9.17, 15) is 24.6 Å². The highest BCUT2D eigenvalue weighted by Gasteiger charge is 2.35. The molecule has 0 spiro atoms. The Kier molecular flexibility index (Phi) is 6.42. The van der Waals surface area contributed by atoms with Gasteiger partial charge in [0, 0.05) is 24.7 Å². The largest absolute Gasteiger partial charge is 0.508 e. The van der Waals surface area contributed by atoms with Crippen LogP contribution in [0.25, 0.3) is 0 Å². The highest BCUT2D eigenvalue weighted by molar-refractivity contribution is 5.79. The molecule has 0 saturated carbocycles. The van der Waals surface area contributed by atoms with E-state index in [0.29, 0.717) is 12.0 Å². The van der Waals surface area contributed by atoms with Crippen molar-refractivity contribution >= 4 is 5.91 Å². The van der Waals surface area contributed by atoms with Crippen LogP contribution in [-0.4, -0.2) is 44.4 Å². The first-order valence-electron chi connectivity index (χ1n) is 9.93. The minimum atomic E-state index is -0.864. The van der Waals surface area contributed by atoms with Crippen molar-refractivity contribution in [1.29, 1.82) is 0 Å². The average molecular weight is 417 g/mol. The quantitative estimate of drug-likeness (QED) is 0.539. The van der Waals surface area contributed by atoms with Crippen molar-refractivity contribution in [1.82, 2.24) is 14.9 Å². The number of hydrogen-bond acceptors (Lipinski definition) is 6. The zero-order valence-corrected chi connectivity index (χ0v) is 17.3. The van der Waals surface area contributed by atoms with Crippen molar-refractivity contribution < 1.29 is 19.7 Å². The van der Waals surface area contributed by atoms with Crippen LogP contribution in [0.15, 0.2) is 27.9 Å². The van der Waals surface area contributed by atoms with Gasteiger partial charge in [0.25, 0.3) is 5.56 Å². The molecule has 3 rings (SSSR count). The molecule has 30 heavy (non-hydrogen) atoms. The lowest BCUT2D eigenvalue weighted by atomic mass is 9.99. The molecule has 1 aromatic heterocycles. The first-order chi connectivity index (χ1) is 14.2. The van der Waals surface area contributed by atoms with Crippen molar-refractivity contribution in [3.63, 3.8) is 0 Å². The molecule has 1 aliphatic rings. The van der Waals surface area contributed by atoms with Gasteiger partial charge in [-0.15, -0.1) is 0 Å². The Balaban J connectivity index is 1.63. The van der Waals surface area contributed by atoms with Gasteiger partial charge in [0.15, 0.2) is 0 Å². The first-order valence-corrected chi connectivity index (χ1v) is 9.93. The summed E-state index contributed by atoms with van der Waals surface area (Å²) in [6.07, 6.45) is -0.0367. The molecular weight excluding hydrogens is 390 g/mol. The third-order valence-corrected chi connectivity index (χ3v) is 5.46. The molecule has 162 valence electrons. The molecule has 2 aromatic rings. The number of nitrogens with one attached hydrogen (secondary N) is 2. The number of phenols is 1. The number of phenolic OH excluding ortho intramolecular Hbond substituents is 1. The van der Waals surface area contributed by atoms with Crippen LogP contribution in [-0.2, 0) is 22.4 Å². The Morgan fingerprint density at radius 1 is 1.30 bits per heavy atom. The Morgan fingerprint density at radius 3 is 2.60 bits per heavy atom. The minimum Gasteiger partial charge on any atom is -0.508 e. The maximum atomic E-state index is 12.4. The molecule has 9 nitrogen and oxygen atoms in total. The number of aromatic amines is 1. The molecular formula is C21H27N3O6. The molecule has 1 fully saturated rings. The average Bonchev–Trinajstić information content (AvgIpc) is 3.03. The summed E-state index contributed by atoms with van der Waals surface area (Å²) in [6, 6.07) is 3.22. The number of H-pyrrole nitrogens is 1. The lowest BCUT2D eigenvalue weighted by Crippen LogP contribution is -2.38. The maximum Gasteiger partial charge on any atom is 0.330 e. The third-order valence-electron chi connectivity index (χ3n) is 5.46. The summed E-state index contributed by atoms with van der Waals surface area (Å²) < 4.78 is 7.06. The predicted octanol–water partition coefficient (Wildman–Crippen LogP) is 0.429. The molecule has 9 heteroatoms. The number of benzene rings is 1. The number of aromatic hydroxyl groups is 1. The Hall–Kier alpha value is -2.91. The fourth-order valence-corrected chi connectivity index (χ4v) is 3.75. The normalized spacial score (nSPS) is 21.0. The number of aromatic nitrogens is 2. The second-order valence-electron chi connectivity index (χ2n) is 7.65. The van der Waals surface area contributed by atoms with E-state index >= 15 is 0 Å². The predicted molar refractivity (Wildman–Crippen MR) is 110 cm³/mol. The van der Waals surface area contributed by atoms with Gasteiger partial charge >= 0.3 is 5.69 Å². The minimum absolute atomic E-state index is 0.0887. The zero-order chi connectivity index (χ0) is 22.0. The highest BCUT2D eigenvalue weighted by atomic mass is 16.5. The number of amides is 1. The van der Waals surface area contributed by atoms with Crippen LogP contribution in [0.2, 0.25) is 0 Å². The molecule has 0 bridgehead atoms. The van der Waals surface area contributed by atoms with Crippen molar-refractivity contribution in [3.8, 4) is 5.75 Å². The molecule has 1 amide bonds. The van der Waals surface area contributed by atoms with E-state index in [4.69, 9.17) is 4.74 Å². The van der Waals surface area contributed by atoms with Crippen molar-refractivity contribution in [2.24, 2.45) is 0 Å². The number of ether oxygens (including phenoxy) is 1. The molecule has 1 aromatic carbocycles. The second kappa shape index (κ2) is 8.85. The van der Waals surface area contributed by atoms with Gasteiger partial charge in [0.1, 0.15) is 18.1 Å². The highest BCUT2D eigenvalue weighted by Crippen LogP contribution is 2.27. The number of hydrogen-bond donors (Lipinski definition) is 4. The van der Waals surface area contributed by atoms with Gasteiger partial charge in [-0.25, -0.2) is 4.79 Å². The summed E-state index contributed by atoms with van der Waals surface area (Å²) >= 11 is 0. The number of carbonyl (C=O) groups is 1. The van der Waals surface area contributed by atoms with Gasteiger partial charge in [-0.2, -0.15) is 0 Å². The van der Waals surface area contributed by atoms with Gasteiger partial charge in [-0.3, -0.25) is 19.1 Å². The molecule has 0 unspecified atom stereocenters. The summed E-state index contributed by atoms with van der Waals surface area (Å²) in [5, 5.41) is 22.7. The number of aliphatic hydroxyl groups is 1. The molecule has 1 saturated heterocycles. The van der Waals surface area contributed by atoms with Crippen molar-refractivity contribution in [2.75, 3.05) is 6.54 Å². The number of aryl methyl sites for hydroxylation is 3. The van der Waals surface area contributed by atoms with Crippen molar-refractivity contribution in [3.05, 3.63) is 61.4 Å². The SMILES string of the molecule is CCc1cn([C@H]2C[C@H](O)[C@@H](CNC(=O)Cc3c(C)cc(O)cc3C)O2)c(=O)[nH]c1=O. The summed E-state index contributed by atoms with van der Waals surface area (Å²) in [4.78, 5) is 38.5. The van der Waals surface area contributed by atoms with Crippen LogP contribution in [0.4, 0.5) is 0 Å². The summed E-state index contributed by atoms with van der Waals surface area (Å²) in [7, 11) is 0. The van der Waals surface area contributed by atoms with Crippen LogP contribution >= 0.6 is 0 Å². The van der Waals surface area contributed by atoms with Gasteiger partial charge in [0.2, 0.25) is 5.91 Å². The number of carbonyl (C=O) groups excluding carboxylic acids is 1. The fraction of sp³-hybridized carbons (Fsp3) is 0.476.